The molecule has 1 aromatic rings. The van der Waals surface area contributed by atoms with Gasteiger partial charge in [0.15, 0.2) is 0 Å². The minimum atomic E-state index is -0.396. The van der Waals surface area contributed by atoms with Crippen LogP contribution in [0.1, 0.15) is 60.9 Å². The summed E-state index contributed by atoms with van der Waals surface area (Å²) in [5.41, 5.74) is -0.396. The van der Waals surface area contributed by atoms with E-state index in [9.17, 15) is 4.79 Å². The molecule has 6 heteroatoms. The average molecular weight is 308 g/mol. The number of nitrogens with zero attached hydrogens (tertiary/aromatic N) is 3. The second-order valence-electron chi connectivity index (χ2n) is 6.50. The van der Waals surface area contributed by atoms with E-state index in [0.29, 0.717) is 12.5 Å². The number of likely N-dealkylation sites (N-methyl/N-ethyl adjacent to an activating group) is 1. The second-order valence-corrected chi connectivity index (χ2v) is 7.60. The fourth-order valence-corrected chi connectivity index (χ4v) is 4.08. The van der Waals surface area contributed by atoms with E-state index in [0.717, 1.165) is 30.7 Å². The molecule has 0 unspecified atom stereocenters. The van der Waals surface area contributed by atoms with Crippen LogP contribution in [0.5, 0.6) is 0 Å². The van der Waals surface area contributed by atoms with Crippen molar-refractivity contribution in [2.45, 2.75) is 62.9 Å². The van der Waals surface area contributed by atoms with Gasteiger partial charge in [0.25, 0.3) is 0 Å². The van der Waals surface area contributed by atoms with Crippen LogP contribution in [0.15, 0.2) is 0 Å². The van der Waals surface area contributed by atoms with Crippen molar-refractivity contribution in [2.24, 2.45) is 0 Å². The van der Waals surface area contributed by atoms with Crippen molar-refractivity contribution in [1.82, 2.24) is 20.4 Å². The molecule has 1 amide bonds. The van der Waals surface area contributed by atoms with Crippen molar-refractivity contribution >= 4 is 17.2 Å². The summed E-state index contributed by atoms with van der Waals surface area (Å²) in [4.78, 5) is 14.3. The Hall–Kier alpha value is -1.01. The van der Waals surface area contributed by atoms with Crippen molar-refractivity contribution in [3.05, 3.63) is 10.0 Å². The number of nitrogens with one attached hydrogen (secondary N) is 1. The molecule has 2 aliphatic carbocycles. The van der Waals surface area contributed by atoms with Gasteiger partial charge in [-0.05, 0) is 25.7 Å². The Morgan fingerprint density at radius 3 is 2.62 bits per heavy atom. The van der Waals surface area contributed by atoms with Crippen LogP contribution < -0.4 is 5.32 Å². The first-order valence-corrected chi connectivity index (χ1v) is 8.71. The maximum absolute atomic E-state index is 12.6. The van der Waals surface area contributed by atoms with Gasteiger partial charge in [-0.1, -0.05) is 30.6 Å². The first-order valence-electron chi connectivity index (χ1n) is 7.90. The molecule has 3 rings (SSSR count). The molecule has 0 aromatic carbocycles. The topological polar surface area (TPSA) is 58.1 Å². The van der Waals surface area contributed by atoms with Gasteiger partial charge in [0, 0.05) is 20.0 Å². The van der Waals surface area contributed by atoms with Gasteiger partial charge in [0.05, 0.1) is 12.1 Å². The number of hydrogen-bond acceptors (Lipinski definition) is 5. The van der Waals surface area contributed by atoms with Gasteiger partial charge in [-0.25, -0.2) is 0 Å². The Morgan fingerprint density at radius 1 is 1.29 bits per heavy atom. The van der Waals surface area contributed by atoms with Gasteiger partial charge in [0.1, 0.15) is 10.0 Å². The molecule has 2 saturated carbocycles. The minimum Gasteiger partial charge on any atom is -0.347 e. The van der Waals surface area contributed by atoms with E-state index >= 15 is 0 Å². The molecule has 0 bridgehead atoms. The fraction of sp³-hybridized carbons (Fsp3) is 0.800. The standard InChI is InChI=1S/C15H24N4OS/c1-19(2)14(20)15(8-4-3-5-9-15)16-10-12-17-18-13(21-12)11-6-7-11/h11,16H,3-10H2,1-2H3. The molecule has 21 heavy (non-hydrogen) atoms. The highest BCUT2D eigenvalue weighted by Gasteiger charge is 2.40. The van der Waals surface area contributed by atoms with Crippen molar-refractivity contribution in [2.75, 3.05) is 14.1 Å². The zero-order valence-electron chi connectivity index (χ0n) is 12.9. The van der Waals surface area contributed by atoms with Crippen LogP contribution in [0.2, 0.25) is 0 Å². The molecule has 1 heterocycles. The molecule has 0 saturated heterocycles. The highest BCUT2D eigenvalue weighted by molar-refractivity contribution is 7.11. The Kier molecular flexibility index (Phi) is 4.26. The molecule has 2 fully saturated rings. The Labute approximate surface area is 130 Å². The van der Waals surface area contributed by atoms with Crippen molar-refractivity contribution < 1.29 is 4.79 Å². The Bertz CT molecular complexity index is 504. The van der Waals surface area contributed by atoms with Crippen LogP contribution in [-0.4, -0.2) is 40.6 Å². The van der Waals surface area contributed by atoms with E-state index in [2.05, 4.69) is 15.5 Å². The van der Waals surface area contributed by atoms with Crippen molar-refractivity contribution in [3.8, 4) is 0 Å². The third kappa shape index (κ3) is 3.26. The molecule has 0 atom stereocenters. The average Bonchev–Trinajstić information content (AvgIpc) is 3.24. The van der Waals surface area contributed by atoms with Crippen molar-refractivity contribution in [3.63, 3.8) is 0 Å². The van der Waals surface area contributed by atoms with Gasteiger partial charge in [-0.15, -0.1) is 10.2 Å². The summed E-state index contributed by atoms with van der Waals surface area (Å²) >= 11 is 1.70. The normalized spacial score (nSPS) is 21.2. The number of carbonyl (C=O) groups is 1. The summed E-state index contributed by atoms with van der Waals surface area (Å²) in [6, 6.07) is 0. The van der Waals surface area contributed by atoms with E-state index in [1.807, 2.05) is 14.1 Å². The lowest BCUT2D eigenvalue weighted by molar-refractivity contribution is -0.137. The molecule has 5 nitrogen and oxygen atoms in total. The van der Waals surface area contributed by atoms with Crippen LogP contribution in [0.25, 0.3) is 0 Å². The summed E-state index contributed by atoms with van der Waals surface area (Å²) in [6.07, 6.45) is 7.84. The first kappa shape index (κ1) is 14.9. The van der Waals surface area contributed by atoms with E-state index in [1.54, 1.807) is 16.2 Å². The number of hydrogen-bond donors (Lipinski definition) is 1. The highest BCUT2D eigenvalue weighted by atomic mass is 32.1. The van der Waals surface area contributed by atoms with E-state index in [4.69, 9.17) is 0 Å². The van der Waals surface area contributed by atoms with Crippen LogP contribution in [0.3, 0.4) is 0 Å². The lowest BCUT2D eigenvalue weighted by Gasteiger charge is -2.38. The predicted octanol–water partition coefficient (Wildman–Crippen LogP) is 2.30. The first-order chi connectivity index (χ1) is 10.1. The number of amides is 1. The lowest BCUT2D eigenvalue weighted by atomic mass is 9.80. The number of rotatable bonds is 5. The Balaban J connectivity index is 1.67. The minimum absolute atomic E-state index is 0.203. The smallest absolute Gasteiger partial charge is 0.242 e. The fourth-order valence-electron chi connectivity index (χ4n) is 3.13. The number of carbonyl (C=O) groups excluding carboxylic acids is 1. The number of aromatic nitrogens is 2. The third-order valence-corrected chi connectivity index (χ3v) is 5.60. The predicted molar refractivity (Wildman–Crippen MR) is 83.2 cm³/mol. The second kappa shape index (κ2) is 6.01. The SMILES string of the molecule is CN(C)C(=O)C1(NCc2nnc(C3CC3)s2)CCCCC1. The van der Waals surface area contributed by atoms with Crippen LogP contribution >= 0.6 is 11.3 Å². The van der Waals surface area contributed by atoms with Gasteiger partial charge >= 0.3 is 0 Å². The Morgan fingerprint density at radius 2 is 2.00 bits per heavy atom. The molecule has 1 aromatic heterocycles. The van der Waals surface area contributed by atoms with Crippen LogP contribution in [-0.2, 0) is 11.3 Å². The van der Waals surface area contributed by atoms with Gasteiger partial charge < -0.3 is 4.90 Å². The summed E-state index contributed by atoms with van der Waals surface area (Å²) in [5.74, 6) is 0.859. The zero-order valence-corrected chi connectivity index (χ0v) is 13.7. The molecule has 116 valence electrons. The largest absolute Gasteiger partial charge is 0.347 e. The maximum Gasteiger partial charge on any atom is 0.242 e. The monoisotopic (exact) mass is 308 g/mol. The van der Waals surface area contributed by atoms with E-state index in [-0.39, 0.29) is 5.91 Å². The summed E-state index contributed by atoms with van der Waals surface area (Å²) < 4.78 is 0. The third-order valence-electron chi connectivity index (χ3n) is 4.51. The van der Waals surface area contributed by atoms with Crippen LogP contribution in [0, 0.1) is 0 Å². The molecule has 0 spiro atoms. The van der Waals surface area contributed by atoms with Gasteiger partial charge in [0.2, 0.25) is 5.91 Å². The molecular formula is C15H24N4OS. The van der Waals surface area contributed by atoms with E-state index < -0.39 is 5.54 Å². The van der Waals surface area contributed by atoms with Gasteiger partial charge in [-0.3, -0.25) is 10.1 Å². The highest BCUT2D eigenvalue weighted by Crippen LogP contribution is 2.41. The van der Waals surface area contributed by atoms with Crippen LogP contribution in [0.4, 0.5) is 0 Å². The van der Waals surface area contributed by atoms with E-state index in [1.165, 1.54) is 24.3 Å². The molecule has 2 aliphatic rings. The van der Waals surface area contributed by atoms with Gasteiger partial charge in [-0.2, -0.15) is 0 Å². The molecule has 1 N–H and O–H groups in total. The summed E-state index contributed by atoms with van der Waals surface area (Å²) in [7, 11) is 3.69. The summed E-state index contributed by atoms with van der Waals surface area (Å²) in [6.45, 7) is 0.657. The molecular weight excluding hydrogens is 284 g/mol. The zero-order chi connectivity index (χ0) is 14.9. The quantitative estimate of drug-likeness (QED) is 0.907. The molecule has 0 radical (unpaired) electrons. The van der Waals surface area contributed by atoms with Crippen molar-refractivity contribution in [1.29, 1.82) is 0 Å². The molecule has 0 aliphatic heterocycles. The lowest BCUT2D eigenvalue weighted by Crippen LogP contribution is -2.57. The maximum atomic E-state index is 12.6. The summed E-state index contributed by atoms with van der Waals surface area (Å²) in [5, 5.41) is 14.3.